The molecular weight excluding hydrogens is 667 g/mol. The zero-order valence-corrected chi connectivity index (χ0v) is 29.7. The molecule has 0 atom stereocenters. The maximum Gasteiger partial charge on any atom is 0.415 e. The Kier molecular flexibility index (Phi) is 7.54. The van der Waals surface area contributed by atoms with Crippen molar-refractivity contribution in [2.75, 3.05) is 23.9 Å². The first-order valence-corrected chi connectivity index (χ1v) is 17.8. The molecule has 0 radical (unpaired) electrons. The van der Waals surface area contributed by atoms with Gasteiger partial charge in [0.05, 0.1) is 22.1 Å². The SMILES string of the molecule is CN(c1ccc(Cl)cc1)c1cc[n+](C2([n+]3ccc(N(C)c4ccc(Cl)cc4)c4ccccc43)c3ccc(cc3)-c3ccc2cc3)c2ccccc12. The molecule has 0 aliphatic heterocycles. The molecule has 0 N–H and O–H groups in total. The van der Waals surface area contributed by atoms with Crippen molar-refractivity contribution in [1.29, 1.82) is 0 Å². The number of benzene rings is 6. The molecule has 2 aromatic heterocycles. The zero-order valence-electron chi connectivity index (χ0n) is 28.2. The lowest BCUT2D eigenvalue weighted by molar-refractivity contribution is -0.950. The first-order valence-electron chi connectivity index (χ1n) is 17.0. The van der Waals surface area contributed by atoms with E-state index in [1.54, 1.807) is 0 Å². The number of anilines is 4. The Morgan fingerprint density at radius 2 is 0.804 bits per heavy atom. The molecule has 6 aromatic carbocycles. The van der Waals surface area contributed by atoms with Gasteiger partial charge in [0.15, 0.2) is 12.4 Å². The van der Waals surface area contributed by atoms with Crippen molar-refractivity contribution in [1.82, 2.24) is 0 Å². The fraction of sp³-hybridized carbons (Fsp3) is 0.0667. The summed E-state index contributed by atoms with van der Waals surface area (Å²) in [6.45, 7) is 0. The van der Waals surface area contributed by atoms with Crippen molar-refractivity contribution in [2.45, 2.75) is 5.66 Å². The Hall–Kier alpha value is -5.68. The van der Waals surface area contributed by atoms with Crippen LogP contribution < -0.4 is 18.9 Å². The van der Waals surface area contributed by atoms with Crippen molar-refractivity contribution < 1.29 is 9.13 Å². The van der Waals surface area contributed by atoms with Gasteiger partial charge in [-0.05, 0) is 96.1 Å². The molecule has 4 bridgehead atoms. The van der Waals surface area contributed by atoms with Crippen LogP contribution in [0.5, 0.6) is 0 Å². The Morgan fingerprint density at radius 1 is 0.431 bits per heavy atom. The second kappa shape index (κ2) is 12.3. The molecule has 4 nitrogen and oxygen atoms in total. The van der Waals surface area contributed by atoms with Crippen LogP contribution >= 0.6 is 23.2 Å². The molecule has 4 aliphatic carbocycles. The van der Waals surface area contributed by atoms with Crippen LogP contribution in [0, 0.1) is 0 Å². The Bertz CT molecular complexity index is 2380. The third-order valence-corrected chi connectivity index (χ3v) is 10.9. The van der Waals surface area contributed by atoms with Gasteiger partial charge in [-0.15, -0.1) is 9.13 Å². The average molecular weight is 702 g/mol. The highest BCUT2D eigenvalue weighted by Gasteiger charge is 2.56. The molecule has 0 saturated carbocycles. The minimum Gasteiger partial charge on any atom is -0.344 e. The second-order valence-electron chi connectivity index (χ2n) is 13.1. The highest BCUT2D eigenvalue weighted by atomic mass is 35.5. The predicted octanol–water partition coefficient (Wildman–Crippen LogP) is 10.7. The molecule has 246 valence electrons. The monoisotopic (exact) mass is 700 g/mol. The number of rotatable bonds is 6. The van der Waals surface area contributed by atoms with Gasteiger partial charge in [-0.3, -0.25) is 0 Å². The number of aromatic nitrogens is 2. The van der Waals surface area contributed by atoms with Gasteiger partial charge < -0.3 is 9.80 Å². The van der Waals surface area contributed by atoms with Crippen LogP contribution in [0.1, 0.15) is 11.1 Å². The molecule has 0 unspecified atom stereocenters. The van der Waals surface area contributed by atoms with Crippen LogP contribution in [0.4, 0.5) is 22.7 Å². The largest absolute Gasteiger partial charge is 0.415 e. The highest BCUT2D eigenvalue weighted by molar-refractivity contribution is 6.31. The summed E-state index contributed by atoms with van der Waals surface area (Å²) >= 11 is 12.6. The predicted molar refractivity (Wildman–Crippen MR) is 211 cm³/mol. The standard InChI is InChI=1S/C45H34Cl2N4/c1-48(37-23-19-35(46)20-24-37)41-27-29-50(43-9-5-3-7-39(41)43)45(33-15-11-31(12-16-33)32-13-17-34(45)18-14-32)51-30-28-42(40-8-4-6-10-44(40)51)49(2)38-25-21-36(47)22-26-38/h3-30H,1-2H3/q+2. The smallest absolute Gasteiger partial charge is 0.344 e. The summed E-state index contributed by atoms with van der Waals surface area (Å²) in [5, 5.41) is 3.70. The van der Waals surface area contributed by atoms with Crippen LogP contribution in [0.15, 0.2) is 170 Å². The maximum atomic E-state index is 6.28. The van der Waals surface area contributed by atoms with Crippen LogP contribution in [-0.2, 0) is 5.66 Å². The lowest BCUT2D eigenvalue weighted by Crippen LogP contribution is -2.74. The number of halogens is 2. The van der Waals surface area contributed by atoms with Gasteiger partial charge in [0.1, 0.15) is 11.1 Å². The van der Waals surface area contributed by atoms with E-state index in [1.165, 1.54) is 11.1 Å². The van der Waals surface area contributed by atoms with Gasteiger partial charge in [0, 0.05) is 59.8 Å². The number of pyridine rings is 2. The summed E-state index contributed by atoms with van der Waals surface area (Å²) in [7, 11) is 4.22. The van der Waals surface area contributed by atoms with Crippen molar-refractivity contribution in [3.8, 4) is 11.1 Å². The number of para-hydroxylation sites is 2. The summed E-state index contributed by atoms with van der Waals surface area (Å²) in [5.41, 5.74) is 10.4. The van der Waals surface area contributed by atoms with Gasteiger partial charge in [-0.1, -0.05) is 71.7 Å². The van der Waals surface area contributed by atoms with E-state index in [0.717, 1.165) is 65.7 Å². The van der Waals surface area contributed by atoms with E-state index >= 15 is 0 Å². The summed E-state index contributed by atoms with van der Waals surface area (Å²) in [6, 6.07) is 56.0. The topological polar surface area (TPSA) is 14.2 Å². The van der Waals surface area contributed by atoms with Crippen molar-refractivity contribution in [3.63, 3.8) is 0 Å². The molecule has 4 aliphatic rings. The fourth-order valence-electron chi connectivity index (χ4n) is 7.82. The molecule has 6 heteroatoms. The Morgan fingerprint density at radius 3 is 1.20 bits per heavy atom. The molecule has 0 saturated heterocycles. The fourth-order valence-corrected chi connectivity index (χ4v) is 8.07. The van der Waals surface area contributed by atoms with Gasteiger partial charge >= 0.3 is 5.66 Å². The van der Waals surface area contributed by atoms with Gasteiger partial charge in [-0.2, -0.15) is 0 Å². The van der Waals surface area contributed by atoms with Crippen LogP contribution in [0.2, 0.25) is 10.0 Å². The number of hydrogen-bond acceptors (Lipinski definition) is 2. The minimum absolute atomic E-state index is 0.719. The van der Waals surface area contributed by atoms with Gasteiger partial charge in [0.25, 0.3) is 0 Å². The van der Waals surface area contributed by atoms with E-state index in [2.05, 4.69) is 179 Å². The summed E-state index contributed by atoms with van der Waals surface area (Å²) in [4.78, 5) is 4.46. The zero-order chi connectivity index (χ0) is 34.7. The summed E-state index contributed by atoms with van der Waals surface area (Å²) in [5.74, 6) is 0. The number of fused-ring (bicyclic) bond motifs is 2. The quantitative estimate of drug-likeness (QED) is 0.160. The molecule has 2 heterocycles. The van der Waals surface area contributed by atoms with E-state index in [0.29, 0.717) is 0 Å². The van der Waals surface area contributed by atoms with Crippen molar-refractivity contribution in [2.24, 2.45) is 0 Å². The molecule has 51 heavy (non-hydrogen) atoms. The van der Waals surface area contributed by atoms with Crippen molar-refractivity contribution >= 4 is 67.8 Å². The third kappa shape index (κ3) is 4.97. The molecule has 0 amide bonds. The lowest BCUT2D eigenvalue weighted by Gasteiger charge is -2.28. The van der Waals surface area contributed by atoms with Crippen LogP contribution in [-0.4, -0.2) is 14.1 Å². The summed E-state index contributed by atoms with van der Waals surface area (Å²) < 4.78 is 4.90. The van der Waals surface area contributed by atoms with E-state index in [1.807, 2.05) is 24.3 Å². The van der Waals surface area contributed by atoms with E-state index in [4.69, 9.17) is 23.2 Å². The minimum atomic E-state index is -0.810. The third-order valence-electron chi connectivity index (χ3n) is 10.4. The van der Waals surface area contributed by atoms with Gasteiger partial charge in [-0.25, -0.2) is 0 Å². The molecular formula is C45H34Cl2N4+2. The second-order valence-corrected chi connectivity index (χ2v) is 13.9. The summed E-state index contributed by atoms with van der Waals surface area (Å²) in [6.07, 6.45) is 4.50. The van der Waals surface area contributed by atoms with E-state index in [9.17, 15) is 0 Å². The van der Waals surface area contributed by atoms with Crippen LogP contribution in [0.3, 0.4) is 0 Å². The number of nitrogens with zero attached hydrogens (tertiary/aromatic N) is 4. The lowest BCUT2D eigenvalue weighted by atomic mass is 9.89. The highest BCUT2D eigenvalue weighted by Crippen LogP contribution is 2.39. The maximum absolute atomic E-state index is 6.28. The average Bonchev–Trinajstić information content (AvgIpc) is 3.34. The number of hydrogen-bond donors (Lipinski definition) is 0. The molecule has 8 aromatic rings. The van der Waals surface area contributed by atoms with E-state index < -0.39 is 5.66 Å². The molecule has 0 fully saturated rings. The van der Waals surface area contributed by atoms with Gasteiger partial charge in [0.2, 0.25) is 11.0 Å². The first-order chi connectivity index (χ1) is 24.9. The Labute approximate surface area is 307 Å². The van der Waals surface area contributed by atoms with Crippen LogP contribution in [0.25, 0.3) is 32.9 Å². The van der Waals surface area contributed by atoms with Crippen molar-refractivity contribution in [3.05, 3.63) is 191 Å². The Balaban J connectivity index is 1.36. The molecule has 12 rings (SSSR count). The van der Waals surface area contributed by atoms with E-state index in [-0.39, 0.29) is 0 Å². The first kappa shape index (κ1) is 31.3. The normalized spacial score (nSPS) is 12.9. The molecule has 0 spiro atoms.